The highest BCUT2D eigenvalue weighted by atomic mass is 32.2. The zero-order valence-electron chi connectivity index (χ0n) is 12.6. The summed E-state index contributed by atoms with van der Waals surface area (Å²) in [7, 11) is -3.45. The minimum atomic E-state index is -3.45. The fourth-order valence-corrected chi connectivity index (χ4v) is 5.59. The Morgan fingerprint density at radius 1 is 1.14 bits per heavy atom. The second-order valence-electron chi connectivity index (χ2n) is 6.28. The van der Waals surface area contributed by atoms with Crippen LogP contribution >= 0.6 is 11.8 Å². The summed E-state index contributed by atoms with van der Waals surface area (Å²) < 4.78 is 28.5. The van der Waals surface area contributed by atoms with E-state index >= 15 is 0 Å². The molecule has 0 unspecified atom stereocenters. The lowest BCUT2D eigenvalue weighted by Crippen LogP contribution is -2.48. The first kappa shape index (κ1) is 17.1. The van der Waals surface area contributed by atoms with Gasteiger partial charge in [-0.3, -0.25) is 4.79 Å². The molecule has 0 spiro atoms. The van der Waals surface area contributed by atoms with Gasteiger partial charge in [-0.2, -0.15) is 28.8 Å². The molecule has 0 atom stereocenters. The number of aliphatic carboxylic acids is 1. The van der Waals surface area contributed by atoms with E-state index in [4.69, 9.17) is 5.11 Å². The molecule has 0 aliphatic carbocycles. The number of hydrogen-bond donors (Lipinski definition) is 1. The van der Waals surface area contributed by atoms with E-state index in [0.29, 0.717) is 39.0 Å². The Kier molecular flexibility index (Phi) is 5.23. The summed E-state index contributed by atoms with van der Waals surface area (Å²) in [5.41, 5.74) is 0. The molecule has 2 saturated heterocycles. The third kappa shape index (κ3) is 4.12. The molecule has 21 heavy (non-hydrogen) atoms. The Labute approximate surface area is 131 Å². The van der Waals surface area contributed by atoms with E-state index in [1.54, 1.807) is 4.31 Å². The van der Waals surface area contributed by atoms with Gasteiger partial charge in [-0.05, 0) is 19.3 Å². The van der Waals surface area contributed by atoms with E-state index in [9.17, 15) is 13.2 Å². The van der Waals surface area contributed by atoms with Gasteiger partial charge < -0.3 is 5.11 Å². The molecule has 6 nitrogen and oxygen atoms in total. The van der Waals surface area contributed by atoms with Crippen molar-refractivity contribution in [2.45, 2.75) is 37.9 Å². The average Bonchev–Trinajstić information content (AvgIpc) is 2.60. The van der Waals surface area contributed by atoms with Gasteiger partial charge in [0.15, 0.2) is 0 Å². The van der Waals surface area contributed by atoms with Crippen molar-refractivity contribution in [1.29, 1.82) is 0 Å². The van der Waals surface area contributed by atoms with Crippen LogP contribution in [0, 0.1) is 5.92 Å². The molecule has 2 aliphatic rings. The number of nitrogens with zero attached hydrogens (tertiary/aromatic N) is 2. The van der Waals surface area contributed by atoms with Gasteiger partial charge in [0.25, 0.3) is 10.2 Å². The summed E-state index contributed by atoms with van der Waals surface area (Å²) in [6, 6.07) is 0. The van der Waals surface area contributed by atoms with Gasteiger partial charge in [0.2, 0.25) is 0 Å². The number of piperidine rings is 1. The number of rotatable bonds is 3. The monoisotopic (exact) mass is 336 g/mol. The van der Waals surface area contributed by atoms with Crippen molar-refractivity contribution < 1.29 is 18.3 Å². The van der Waals surface area contributed by atoms with Crippen LogP contribution in [0.2, 0.25) is 0 Å². The van der Waals surface area contributed by atoms with Gasteiger partial charge >= 0.3 is 5.97 Å². The van der Waals surface area contributed by atoms with Crippen LogP contribution in [0.1, 0.15) is 33.1 Å². The molecule has 0 aromatic heterocycles. The maximum Gasteiger partial charge on any atom is 0.306 e. The van der Waals surface area contributed by atoms with Crippen LogP contribution in [-0.2, 0) is 15.0 Å². The van der Waals surface area contributed by atoms with Crippen LogP contribution in [0.15, 0.2) is 0 Å². The predicted molar refractivity (Wildman–Crippen MR) is 83.6 cm³/mol. The summed E-state index contributed by atoms with van der Waals surface area (Å²) in [6.07, 6.45) is 1.65. The van der Waals surface area contributed by atoms with Gasteiger partial charge in [0.05, 0.1) is 5.92 Å². The molecule has 0 radical (unpaired) electrons. The number of hydrogen-bond acceptors (Lipinski definition) is 4. The lowest BCUT2D eigenvalue weighted by Gasteiger charge is -2.33. The Hall–Kier alpha value is -0.310. The molecule has 122 valence electrons. The number of carboxylic acids is 1. The third-order valence-electron chi connectivity index (χ3n) is 4.25. The maximum absolute atomic E-state index is 12.7. The highest BCUT2D eigenvalue weighted by molar-refractivity contribution is 8.00. The van der Waals surface area contributed by atoms with Crippen molar-refractivity contribution in [2.24, 2.45) is 5.92 Å². The van der Waals surface area contributed by atoms with Crippen LogP contribution < -0.4 is 0 Å². The summed E-state index contributed by atoms with van der Waals surface area (Å²) in [6.45, 7) is 5.99. The predicted octanol–water partition coefficient (Wildman–Crippen LogP) is 1.25. The van der Waals surface area contributed by atoms with E-state index in [1.807, 2.05) is 11.8 Å². The van der Waals surface area contributed by atoms with Crippen molar-refractivity contribution in [3.8, 4) is 0 Å². The van der Waals surface area contributed by atoms with E-state index < -0.39 is 22.1 Å². The summed E-state index contributed by atoms with van der Waals surface area (Å²) >= 11 is 1.81. The molecule has 1 N–H and O–H groups in total. The number of carboxylic acid groups (broad SMARTS) is 1. The van der Waals surface area contributed by atoms with Crippen LogP contribution in [0.25, 0.3) is 0 Å². The van der Waals surface area contributed by atoms with Gasteiger partial charge in [-0.25, -0.2) is 0 Å². The SMILES string of the molecule is CC1(C)CCN(S(=O)(=O)N2CCC(C(=O)O)CC2)CCS1. The van der Waals surface area contributed by atoms with Gasteiger partial charge in [-0.15, -0.1) is 0 Å². The summed E-state index contributed by atoms with van der Waals surface area (Å²) in [5, 5.41) is 8.99. The van der Waals surface area contributed by atoms with Crippen molar-refractivity contribution in [1.82, 2.24) is 8.61 Å². The van der Waals surface area contributed by atoms with Gasteiger partial charge in [0, 0.05) is 36.7 Å². The topological polar surface area (TPSA) is 77.9 Å². The van der Waals surface area contributed by atoms with Gasteiger partial charge in [0.1, 0.15) is 0 Å². The van der Waals surface area contributed by atoms with Crippen LogP contribution in [0.5, 0.6) is 0 Å². The lowest BCUT2D eigenvalue weighted by atomic mass is 9.99. The molecule has 2 aliphatic heterocycles. The molecule has 0 bridgehead atoms. The first-order valence-corrected chi connectivity index (χ1v) is 9.73. The largest absolute Gasteiger partial charge is 0.481 e. The first-order chi connectivity index (χ1) is 9.72. The zero-order valence-corrected chi connectivity index (χ0v) is 14.3. The van der Waals surface area contributed by atoms with E-state index in [0.717, 1.165) is 12.2 Å². The Bertz CT molecular complexity index is 484. The highest BCUT2D eigenvalue weighted by Gasteiger charge is 2.36. The molecule has 0 aromatic rings. The molecule has 2 heterocycles. The fraction of sp³-hybridized carbons (Fsp3) is 0.923. The van der Waals surface area contributed by atoms with Crippen LogP contribution in [-0.4, -0.2) is 64.8 Å². The summed E-state index contributed by atoms with van der Waals surface area (Å²) in [5.74, 6) is -0.423. The normalized spacial score (nSPS) is 26.4. The molecule has 0 saturated carbocycles. The lowest BCUT2D eigenvalue weighted by molar-refractivity contribution is -0.142. The minimum absolute atomic E-state index is 0.112. The Morgan fingerprint density at radius 3 is 2.29 bits per heavy atom. The molecule has 8 heteroatoms. The summed E-state index contributed by atoms with van der Waals surface area (Å²) in [4.78, 5) is 10.9. The molecular formula is C13H24N2O4S2. The first-order valence-electron chi connectivity index (χ1n) is 7.34. The highest BCUT2D eigenvalue weighted by Crippen LogP contribution is 2.32. The van der Waals surface area contributed by atoms with E-state index in [2.05, 4.69) is 13.8 Å². The third-order valence-corrected chi connectivity index (χ3v) is 7.66. The van der Waals surface area contributed by atoms with Gasteiger partial charge in [-0.1, -0.05) is 13.8 Å². The Morgan fingerprint density at radius 2 is 1.71 bits per heavy atom. The fourth-order valence-electron chi connectivity index (χ4n) is 2.73. The molecule has 0 amide bonds. The molecule has 2 rings (SSSR count). The van der Waals surface area contributed by atoms with Crippen molar-refractivity contribution >= 4 is 27.9 Å². The molecular weight excluding hydrogens is 312 g/mol. The standard InChI is InChI=1S/C13H24N2O4S2/c1-13(2)5-8-15(9-10-20-13)21(18,19)14-6-3-11(4-7-14)12(16)17/h11H,3-10H2,1-2H3,(H,16,17). The average molecular weight is 336 g/mol. The zero-order chi connectivity index (χ0) is 15.7. The smallest absolute Gasteiger partial charge is 0.306 e. The van der Waals surface area contributed by atoms with Crippen LogP contribution in [0.3, 0.4) is 0 Å². The maximum atomic E-state index is 12.7. The number of thioether (sulfide) groups is 1. The minimum Gasteiger partial charge on any atom is -0.481 e. The van der Waals surface area contributed by atoms with Crippen molar-refractivity contribution in [3.05, 3.63) is 0 Å². The quantitative estimate of drug-likeness (QED) is 0.839. The second kappa shape index (κ2) is 6.44. The Balaban J connectivity index is 2.00. The second-order valence-corrected chi connectivity index (χ2v) is 10.0. The number of carbonyl (C=O) groups is 1. The van der Waals surface area contributed by atoms with E-state index in [1.165, 1.54) is 4.31 Å². The van der Waals surface area contributed by atoms with E-state index in [-0.39, 0.29) is 4.75 Å². The van der Waals surface area contributed by atoms with Crippen molar-refractivity contribution in [3.63, 3.8) is 0 Å². The molecule has 2 fully saturated rings. The van der Waals surface area contributed by atoms with Crippen molar-refractivity contribution in [2.75, 3.05) is 31.9 Å². The molecule has 0 aromatic carbocycles. The van der Waals surface area contributed by atoms with Crippen LogP contribution in [0.4, 0.5) is 0 Å².